The highest BCUT2D eigenvalue weighted by molar-refractivity contribution is 7.89. The Hall–Kier alpha value is -2.19. The van der Waals surface area contributed by atoms with E-state index in [1.54, 1.807) is 13.0 Å². The number of benzene rings is 1. The number of hydrogen-bond acceptors (Lipinski definition) is 6. The molecule has 0 unspecified atom stereocenters. The van der Waals surface area contributed by atoms with Gasteiger partial charge in [-0.15, -0.1) is 0 Å². The van der Waals surface area contributed by atoms with Gasteiger partial charge in [0.05, 0.1) is 16.2 Å². The maximum atomic E-state index is 12.0. The summed E-state index contributed by atoms with van der Waals surface area (Å²) in [7, 11) is -0.753. The second kappa shape index (κ2) is 6.29. The molecule has 0 spiro atoms. The first-order chi connectivity index (χ1) is 10.3. The van der Waals surface area contributed by atoms with Crippen molar-refractivity contribution in [3.63, 3.8) is 0 Å². The monoisotopic (exact) mass is 324 g/mol. The van der Waals surface area contributed by atoms with E-state index >= 15 is 0 Å². The van der Waals surface area contributed by atoms with Gasteiger partial charge in [0.25, 0.3) is 0 Å². The highest BCUT2D eigenvalue weighted by atomic mass is 32.2. The lowest BCUT2D eigenvalue weighted by atomic mass is 10.2. The molecule has 1 aromatic heterocycles. The van der Waals surface area contributed by atoms with Gasteiger partial charge in [-0.3, -0.25) is 0 Å². The van der Waals surface area contributed by atoms with Crippen LogP contribution in [0.1, 0.15) is 21.8 Å². The fourth-order valence-corrected chi connectivity index (χ4v) is 2.65. The fourth-order valence-electron chi connectivity index (χ4n) is 1.70. The van der Waals surface area contributed by atoms with Crippen molar-refractivity contribution in [1.82, 2.24) is 9.46 Å². The van der Waals surface area contributed by atoms with Crippen LogP contribution >= 0.6 is 0 Å². The van der Waals surface area contributed by atoms with Crippen molar-refractivity contribution in [3.05, 3.63) is 47.3 Å². The molecular formula is C14H16N2O5S. The van der Waals surface area contributed by atoms with Gasteiger partial charge >= 0.3 is 5.97 Å². The van der Waals surface area contributed by atoms with E-state index in [1.165, 1.54) is 38.4 Å². The van der Waals surface area contributed by atoms with Crippen molar-refractivity contribution in [3.8, 4) is 0 Å². The Morgan fingerprint density at radius 2 is 2.05 bits per heavy atom. The molecule has 0 bridgehead atoms. The largest absolute Gasteiger partial charge is 0.454 e. The Kier molecular flexibility index (Phi) is 4.62. The van der Waals surface area contributed by atoms with Crippen molar-refractivity contribution >= 4 is 16.0 Å². The SMILES string of the molecule is Cc1cc(COC(=O)c2cccc(S(=O)(=O)N(C)C)c2)on1. The molecule has 0 saturated carbocycles. The fraction of sp³-hybridized carbons (Fsp3) is 0.286. The number of rotatable bonds is 5. The Labute approximate surface area is 128 Å². The molecule has 22 heavy (non-hydrogen) atoms. The smallest absolute Gasteiger partial charge is 0.338 e. The summed E-state index contributed by atoms with van der Waals surface area (Å²) in [6.07, 6.45) is 0. The molecule has 8 heteroatoms. The van der Waals surface area contributed by atoms with Crippen LogP contribution in [0.3, 0.4) is 0 Å². The van der Waals surface area contributed by atoms with Crippen LogP contribution < -0.4 is 0 Å². The predicted octanol–water partition coefficient (Wildman–Crippen LogP) is 1.59. The number of carbonyl (C=O) groups excluding carboxylic acids is 1. The molecule has 0 aliphatic heterocycles. The number of hydrogen-bond donors (Lipinski definition) is 0. The Bertz CT molecular complexity index is 780. The lowest BCUT2D eigenvalue weighted by molar-refractivity contribution is 0.0437. The van der Waals surface area contributed by atoms with Gasteiger partial charge in [-0.05, 0) is 25.1 Å². The van der Waals surface area contributed by atoms with Gasteiger partial charge in [0.1, 0.15) is 0 Å². The summed E-state index contributed by atoms with van der Waals surface area (Å²) >= 11 is 0. The first-order valence-corrected chi connectivity index (χ1v) is 7.86. The van der Waals surface area contributed by atoms with Gasteiger partial charge in [0, 0.05) is 20.2 Å². The standard InChI is InChI=1S/C14H16N2O5S/c1-10-7-12(21-15-10)9-20-14(17)11-5-4-6-13(8-11)22(18,19)16(2)3/h4-8H,9H2,1-3H3. The molecule has 0 radical (unpaired) electrons. The highest BCUT2D eigenvalue weighted by Crippen LogP contribution is 2.16. The summed E-state index contributed by atoms with van der Waals surface area (Å²) in [6.45, 7) is 1.69. The number of carbonyl (C=O) groups is 1. The van der Waals surface area contributed by atoms with Crippen molar-refractivity contribution in [2.45, 2.75) is 18.4 Å². The molecule has 1 aromatic carbocycles. The number of aryl methyl sites for hydroxylation is 1. The topological polar surface area (TPSA) is 89.7 Å². The first kappa shape index (κ1) is 16.2. The maximum absolute atomic E-state index is 12.0. The van der Waals surface area contributed by atoms with Crippen LogP contribution in [-0.4, -0.2) is 37.9 Å². The van der Waals surface area contributed by atoms with Crippen LogP contribution in [0.4, 0.5) is 0 Å². The van der Waals surface area contributed by atoms with Crippen molar-refractivity contribution < 1.29 is 22.5 Å². The van der Waals surface area contributed by atoms with E-state index in [4.69, 9.17) is 9.26 Å². The van der Waals surface area contributed by atoms with Crippen LogP contribution in [-0.2, 0) is 21.4 Å². The second-order valence-corrected chi connectivity index (χ2v) is 6.98. The lowest BCUT2D eigenvalue weighted by Crippen LogP contribution is -2.22. The van der Waals surface area contributed by atoms with E-state index < -0.39 is 16.0 Å². The second-order valence-electron chi connectivity index (χ2n) is 4.83. The number of ether oxygens (including phenoxy) is 1. The molecule has 0 fully saturated rings. The summed E-state index contributed by atoms with van der Waals surface area (Å²) in [5.41, 5.74) is 0.837. The zero-order chi connectivity index (χ0) is 16.3. The zero-order valence-electron chi connectivity index (χ0n) is 12.4. The lowest BCUT2D eigenvalue weighted by Gasteiger charge is -2.12. The third kappa shape index (κ3) is 3.52. The van der Waals surface area contributed by atoms with Gasteiger partial charge in [-0.25, -0.2) is 17.5 Å². The van der Waals surface area contributed by atoms with Gasteiger partial charge in [0.2, 0.25) is 10.0 Å². The number of esters is 1. The zero-order valence-corrected chi connectivity index (χ0v) is 13.3. The molecule has 0 saturated heterocycles. The van der Waals surface area contributed by atoms with Crippen LogP contribution in [0, 0.1) is 6.92 Å². The van der Waals surface area contributed by atoms with E-state index in [0.29, 0.717) is 11.5 Å². The molecule has 0 aliphatic rings. The average molecular weight is 324 g/mol. The third-order valence-corrected chi connectivity index (χ3v) is 4.68. The summed E-state index contributed by atoms with van der Waals surface area (Å²) in [5.74, 6) is -0.215. The number of nitrogens with zero attached hydrogens (tertiary/aromatic N) is 2. The molecule has 7 nitrogen and oxygen atoms in total. The molecule has 0 amide bonds. The molecular weight excluding hydrogens is 308 g/mol. The maximum Gasteiger partial charge on any atom is 0.338 e. The molecule has 0 atom stereocenters. The Morgan fingerprint density at radius 3 is 2.64 bits per heavy atom. The van der Waals surface area contributed by atoms with E-state index in [9.17, 15) is 13.2 Å². The minimum absolute atomic E-state index is 0.0301. The van der Waals surface area contributed by atoms with Gasteiger partial charge in [0.15, 0.2) is 12.4 Å². The van der Waals surface area contributed by atoms with Gasteiger partial charge < -0.3 is 9.26 Å². The minimum Gasteiger partial charge on any atom is -0.454 e. The Morgan fingerprint density at radius 1 is 1.32 bits per heavy atom. The first-order valence-electron chi connectivity index (χ1n) is 6.42. The summed E-state index contributed by atoms with van der Waals surface area (Å²) in [4.78, 5) is 12.0. The third-order valence-electron chi connectivity index (χ3n) is 2.87. The van der Waals surface area contributed by atoms with E-state index in [2.05, 4.69) is 5.16 Å². The van der Waals surface area contributed by atoms with E-state index in [1.807, 2.05) is 0 Å². The molecule has 1 heterocycles. The molecule has 2 aromatic rings. The normalized spacial score (nSPS) is 11.6. The van der Waals surface area contributed by atoms with E-state index in [-0.39, 0.29) is 17.1 Å². The summed E-state index contributed by atoms with van der Waals surface area (Å²) in [6, 6.07) is 7.34. The minimum atomic E-state index is -3.60. The predicted molar refractivity (Wildman–Crippen MR) is 77.7 cm³/mol. The molecule has 2 rings (SSSR count). The van der Waals surface area contributed by atoms with Crippen LogP contribution in [0.15, 0.2) is 39.8 Å². The van der Waals surface area contributed by atoms with Crippen molar-refractivity contribution in [2.24, 2.45) is 0 Å². The number of sulfonamides is 1. The molecule has 0 aliphatic carbocycles. The quantitative estimate of drug-likeness (QED) is 0.776. The molecule has 118 valence electrons. The van der Waals surface area contributed by atoms with Crippen molar-refractivity contribution in [1.29, 1.82) is 0 Å². The van der Waals surface area contributed by atoms with Gasteiger partial charge in [-0.2, -0.15) is 0 Å². The van der Waals surface area contributed by atoms with Crippen LogP contribution in [0.25, 0.3) is 0 Å². The molecule has 0 N–H and O–H groups in total. The number of aromatic nitrogens is 1. The summed E-state index contributed by atoms with van der Waals surface area (Å²) < 4.78 is 35.2. The van der Waals surface area contributed by atoms with Crippen molar-refractivity contribution in [2.75, 3.05) is 14.1 Å². The van der Waals surface area contributed by atoms with E-state index in [0.717, 1.165) is 4.31 Å². The Balaban J connectivity index is 2.14. The van der Waals surface area contributed by atoms with Crippen LogP contribution in [0.5, 0.6) is 0 Å². The average Bonchev–Trinajstić information content (AvgIpc) is 2.90. The van der Waals surface area contributed by atoms with Crippen LogP contribution in [0.2, 0.25) is 0 Å². The summed E-state index contributed by atoms with van der Waals surface area (Å²) in [5, 5.41) is 3.68. The van der Waals surface area contributed by atoms with Gasteiger partial charge in [-0.1, -0.05) is 11.2 Å². The highest BCUT2D eigenvalue weighted by Gasteiger charge is 2.19.